The molecule has 0 aromatic carbocycles. The van der Waals surface area contributed by atoms with Crippen LogP contribution in [0.25, 0.3) is 15.7 Å². The lowest BCUT2D eigenvalue weighted by molar-refractivity contribution is -0.139. The van der Waals surface area contributed by atoms with Gasteiger partial charge in [-0.05, 0) is 25.3 Å². The van der Waals surface area contributed by atoms with Crippen LogP contribution in [0.4, 0.5) is 0 Å². The molecular weight excluding hydrogens is 346 g/mol. The SMILES string of the molecule is CC(C)NC(=O)C(=O)NCCc1csc2nc(-c3cccs3)nn12. The summed E-state index contributed by atoms with van der Waals surface area (Å²) < 4.78 is 1.79. The summed E-state index contributed by atoms with van der Waals surface area (Å²) in [5.41, 5.74) is 0.954. The molecule has 0 aliphatic carbocycles. The summed E-state index contributed by atoms with van der Waals surface area (Å²) in [5, 5.41) is 13.7. The monoisotopic (exact) mass is 363 g/mol. The maximum Gasteiger partial charge on any atom is 0.309 e. The molecule has 0 bridgehead atoms. The van der Waals surface area contributed by atoms with E-state index >= 15 is 0 Å². The van der Waals surface area contributed by atoms with Gasteiger partial charge in [0.05, 0.1) is 10.6 Å². The Balaban J connectivity index is 1.62. The van der Waals surface area contributed by atoms with E-state index in [0.29, 0.717) is 18.8 Å². The number of rotatable bonds is 5. The number of thiophene rings is 1. The number of hydrogen-bond acceptors (Lipinski definition) is 6. The van der Waals surface area contributed by atoms with E-state index in [4.69, 9.17) is 0 Å². The van der Waals surface area contributed by atoms with Gasteiger partial charge in [-0.2, -0.15) is 4.98 Å². The molecule has 3 aromatic heterocycles. The van der Waals surface area contributed by atoms with E-state index in [1.165, 1.54) is 11.3 Å². The summed E-state index contributed by atoms with van der Waals surface area (Å²) in [4.78, 5) is 29.6. The molecule has 0 spiro atoms. The van der Waals surface area contributed by atoms with Gasteiger partial charge < -0.3 is 10.6 Å². The van der Waals surface area contributed by atoms with E-state index in [9.17, 15) is 9.59 Å². The molecule has 3 heterocycles. The van der Waals surface area contributed by atoms with Crippen LogP contribution in [-0.4, -0.2) is 39.0 Å². The van der Waals surface area contributed by atoms with Gasteiger partial charge in [0.15, 0.2) is 5.82 Å². The standard InChI is InChI=1S/C15H17N5O2S2/c1-9(2)17-14(22)13(21)16-6-5-10-8-24-15-18-12(19-20(10)15)11-4-3-7-23-11/h3-4,7-9H,5-6H2,1-2H3,(H,16,21)(H,17,22). The summed E-state index contributed by atoms with van der Waals surface area (Å²) in [6.45, 7) is 3.98. The van der Waals surface area contributed by atoms with Crippen LogP contribution >= 0.6 is 22.7 Å². The summed E-state index contributed by atoms with van der Waals surface area (Å²) in [5.74, 6) is -0.521. The zero-order valence-corrected chi connectivity index (χ0v) is 14.9. The molecule has 2 amide bonds. The smallest absolute Gasteiger partial charge is 0.309 e. The van der Waals surface area contributed by atoms with Crippen LogP contribution < -0.4 is 10.6 Å². The molecule has 0 saturated carbocycles. The van der Waals surface area contributed by atoms with Gasteiger partial charge in [-0.1, -0.05) is 6.07 Å². The summed E-state index contributed by atoms with van der Waals surface area (Å²) in [7, 11) is 0. The molecule has 2 N–H and O–H groups in total. The average Bonchev–Trinajstić information content (AvgIpc) is 3.23. The molecule has 0 radical (unpaired) electrons. The number of nitrogens with one attached hydrogen (secondary N) is 2. The van der Waals surface area contributed by atoms with Crippen molar-refractivity contribution in [1.82, 2.24) is 25.2 Å². The van der Waals surface area contributed by atoms with Crippen molar-refractivity contribution in [3.63, 3.8) is 0 Å². The van der Waals surface area contributed by atoms with Gasteiger partial charge in [0.1, 0.15) is 0 Å². The quantitative estimate of drug-likeness (QED) is 0.676. The maximum atomic E-state index is 11.7. The third-order valence-electron chi connectivity index (χ3n) is 3.18. The Morgan fingerprint density at radius 3 is 2.83 bits per heavy atom. The second-order valence-corrected chi connectivity index (χ2v) is 7.25. The van der Waals surface area contributed by atoms with Crippen molar-refractivity contribution >= 4 is 39.4 Å². The van der Waals surface area contributed by atoms with E-state index in [-0.39, 0.29) is 6.04 Å². The predicted molar refractivity (Wildman–Crippen MR) is 94.2 cm³/mol. The number of carbonyl (C=O) groups excluding carboxylic acids is 2. The maximum absolute atomic E-state index is 11.7. The predicted octanol–water partition coefficient (Wildman–Crippen LogP) is 1.70. The Labute approximate surface area is 146 Å². The first-order valence-corrected chi connectivity index (χ1v) is 9.26. The molecule has 24 heavy (non-hydrogen) atoms. The minimum Gasteiger partial charge on any atom is -0.347 e. The van der Waals surface area contributed by atoms with E-state index < -0.39 is 11.8 Å². The molecule has 0 saturated heterocycles. The first-order valence-electron chi connectivity index (χ1n) is 7.50. The van der Waals surface area contributed by atoms with Crippen molar-refractivity contribution in [1.29, 1.82) is 0 Å². The molecule has 7 nitrogen and oxygen atoms in total. The second kappa shape index (κ2) is 7.10. The number of aromatic nitrogens is 3. The lowest BCUT2D eigenvalue weighted by Crippen LogP contribution is -2.43. The van der Waals surface area contributed by atoms with Crippen molar-refractivity contribution in [2.24, 2.45) is 0 Å². The highest BCUT2D eigenvalue weighted by Gasteiger charge is 2.15. The van der Waals surface area contributed by atoms with Crippen LogP contribution in [0.15, 0.2) is 22.9 Å². The molecule has 0 aliphatic heterocycles. The third kappa shape index (κ3) is 3.62. The van der Waals surface area contributed by atoms with Crippen molar-refractivity contribution < 1.29 is 9.59 Å². The van der Waals surface area contributed by atoms with Crippen LogP contribution in [0.5, 0.6) is 0 Å². The summed E-state index contributed by atoms with van der Waals surface area (Å²) in [6.07, 6.45) is 0.577. The molecule has 0 fully saturated rings. The molecule has 3 aromatic rings. The first kappa shape index (κ1) is 16.6. The number of fused-ring (bicyclic) bond motifs is 1. The number of thiazole rings is 1. The fourth-order valence-corrected chi connectivity index (χ4v) is 3.63. The van der Waals surface area contributed by atoms with E-state index in [0.717, 1.165) is 15.5 Å². The number of amides is 2. The Bertz CT molecular complexity index is 851. The Kier molecular flexibility index (Phi) is 4.91. The highest BCUT2D eigenvalue weighted by molar-refractivity contribution is 7.15. The largest absolute Gasteiger partial charge is 0.347 e. The third-order valence-corrected chi connectivity index (χ3v) is 4.91. The van der Waals surface area contributed by atoms with Crippen LogP contribution in [0, 0.1) is 0 Å². The minimum absolute atomic E-state index is 0.0643. The zero-order chi connectivity index (χ0) is 17.1. The van der Waals surface area contributed by atoms with Gasteiger partial charge >= 0.3 is 11.8 Å². The average molecular weight is 363 g/mol. The Morgan fingerprint density at radius 2 is 2.12 bits per heavy atom. The topological polar surface area (TPSA) is 88.4 Å². The van der Waals surface area contributed by atoms with Crippen LogP contribution in [0.2, 0.25) is 0 Å². The van der Waals surface area contributed by atoms with Crippen molar-refractivity contribution in [3.05, 3.63) is 28.6 Å². The van der Waals surface area contributed by atoms with E-state index in [1.807, 2.05) is 36.7 Å². The molecular formula is C15H17N5O2S2. The van der Waals surface area contributed by atoms with Gasteiger partial charge in [-0.25, -0.2) is 4.52 Å². The Hall–Kier alpha value is -2.26. The van der Waals surface area contributed by atoms with Gasteiger partial charge in [-0.3, -0.25) is 9.59 Å². The minimum atomic E-state index is -0.618. The van der Waals surface area contributed by atoms with Gasteiger partial charge in [0.2, 0.25) is 4.96 Å². The Morgan fingerprint density at radius 1 is 1.29 bits per heavy atom. The fourth-order valence-electron chi connectivity index (χ4n) is 2.12. The molecule has 3 rings (SSSR count). The highest BCUT2D eigenvalue weighted by Crippen LogP contribution is 2.24. The molecule has 0 unspecified atom stereocenters. The number of carbonyl (C=O) groups is 2. The first-order chi connectivity index (χ1) is 11.5. The van der Waals surface area contributed by atoms with Crippen LogP contribution in [0.3, 0.4) is 0 Å². The summed E-state index contributed by atoms with van der Waals surface area (Å²) in [6, 6.07) is 3.89. The van der Waals surface area contributed by atoms with E-state index in [2.05, 4.69) is 20.7 Å². The number of hydrogen-bond donors (Lipinski definition) is 2. The summed E-state index contributed by atoms with van der Waals surface area (Å²) >= 11 is 3.10. The highest BCUT2D eigenvalue weighted by atomic mass is 32.1. The van der Waals surface area contributed by atoms with E-state index in [1.54, 1.807) is 15.9 Å². The molecule has 126 valence electrons. The van der Waals surface area contributed by atoms with Crippen molar-refractivity contribution in [3.8, 4) is 10.7 Å². The number of nitrogens with zero attached hydrogens (tertiary/aromatic N) is 3. The van der Waals surface area contributed by atoms with Crippen molar-refractivity contribution in [2.75, 3.05) is 6.54 Å². The second-order valence-electron chi connectivity index (χ2n) is 5.47. The zero-order valence-electron chi connectivity index (χ0n) is 13.3. The van der Waals surface area contributed by atoms with Crippen LogP contribution in [0.1, 0.15) is 19.5 Å². The van der Waals surface area contributed by atoms with Gasteiger partial charge in [0, 0.05) is 24.4 Å². The lowest BCUT2D eigenvalue weighted by atomic mass is 10.3. The van der Waals surface area contributed by atoms with Gasteiger partial charge in [0.25, 0.3) is 0 Å². The normalized spacial score (nSPS) is 11.1. The molecule has 0 atom stereocenters. The fraction of sp³-hybridized carbons (Fsp3) is 0.333. The van der Waals surface area contributed by atoms with Crippen LogP contribution in [-0.2, 0) is 16.0 Å². The molecule has 9 heteroatoms. The lowest BCUT2D eigenvalue weighted by Gasteiger charge is -2.08. The molecule has 0 aliphatic rings. The van der Waals surface area contributed by atoms with Gasteiger partial charge in [-0.15, -0.1) is 27.8 Å². The van der Waals surface area contributed by atoms with Crippen molar-refractivity contribution in [2.45, 2.75) is 26.3 Å².